The summed E-state index contributed by atoms with van der Waals surface area (Å²) in [7, 11) is 0. The molecule has 24 heavy (non-hydrogen) atoms. The lowest BCUT2D eigenvalue weighted by molar-refractivity contribution is -0.384. The highest BCUT2D eigenvalue weighted by molar-refractivity contribution is 5.73. The maximum absolute atomic E-state index is 10.9. The molecular formula is C19H20N2O3. The van der Waals surface area contributed by atoms with Crippen molar-refractivity contribution >= 4 is 16.9 Å². The van der Waals surface area contributed by atoms with Crippen LogP contribution in [0.3, 0.4) is 0 Å². The molecule has 124 valence electrons. The number of anilines is 1. The van der Waals surface area contributed by atoms with Gasteiger partial charge in [0.15, 0.2) is 0 Å². The third kappa shape index (κ3) is 3.40. The number of nitro benzene ring substituents is 1. The summed E-state index contributed by atoms with van der Waals surface area (Å²) >= 11 is 0. The molecule has 0 aliphatic heterocycles. The Kier molecular flexibility index (Phi) is 4.79. The smallest absolute Gasteiger partial charge is 0.273 e. The zero-order valence-electron chi connectivity index (χ0n) is 13.6. The van der Waals surface area contributed by atoms with E-state index in [0.717, 1.165) is 25.1 Å². The van der Waals surface area contributed by atoms with E-state index in [-0.39, 0.29) is 5.69 Å². The van der Waals surface area contributed by atoms with Crippen molar-refractivity contribution in [2.24, 2.45) is 0 Å². The topological polar surface area (TPSA) is 64.4 Å². The number of hydrogen-bond donors (Lipinski definition) is 1. The first-order valence-corrected chi connectivity index (χ1v) is 8.11. The van der Waals surface area contributed by atoms with Gasteiger partial charge in [-0.3, -0.25) is 10.1 Å². The first-order chi connectivity index (χ1) is 11.7. The number of benzene rings is 2. The molecule has 3 rings (SSSR count). The van der Waals surface area contributed by atoms with E-state index in [9.17, 15) is 10.1 Å². The standard InChI is InChI=1S/C19H20N2O3/c1-2-24-19-13-16(21(22)23)9-10-18(19)20-12-11-15-8-7-14-5-3-4-6-17(14)15/h3-6,8-10,13,20H,2,7,11-12H2,1H3. The predicted molar refractivity (Wildman–Crippen MR) is 95.5 cm³/mol. The van der Waals surface area contributed by atoms with E-state index in [1.807, 2.05) is 6.92 Å². The van der Waals surface area contributed by atoms with Gasteiger partial charge in [-0.15, -0.1) is 0 Å². The molecule has 0 amide bonds. The minimum absolute atomic E-state index is 0.0384. The van der Waals surface area contributed by atoms with Gasteiger partial charge in [-0.05, 0) is 42.5 Å². The third-order valence-corrected chi connectivity index (χ3v) is 4.12. The van der Waals surface area contributed by atoms with E-state index < -0.39 is 4.92 Å². The lowest BCUT2D eigenvalue weighted by Crippen LogP contribution is -2.05. The molecule has 0 saturated carbocycles. The zero-order chi connectivity index (χ0) is 16.9. The molecule has 1 aliphatic rings. The molecule has 2 aromatic rings. The van der Waals surface area contributed by atoms with Crippen LogP contribution in [0.4, 0.5) is 11.4 Å². The highest BCUT2D eigenvalue weighted by atomic mass is 16.6. The van der Waals surface area contributed by atoms with Gasteiger partial charge >= 0.3 is 0 Å². The van der Waals surface area contributed by atoms with Crippen LogP contribution < -0.4 is 10.1 Å². The molecule has 0 bridgehead atoms. The Balaban J connectivity index is 1.66. The van der Waals surface area contributed by atoms with Crippen molar-refractivity contribution < 1.29 is 9.66 Å². The van der Waals surface area contributed by atoms with E-state index in [4.69, 9.17) is 4.74 Å². The Bertz CT molecular complexity index is 784. The van der Waals surface area contributed by atoms with E-state index in [2.05, 4.69) is 35.7 Å². The van der Waals surface area contributed by atoms with Crippen molar-refractivity contribution in [3.8, 4) is 5.75 Å². The molecule has 0 unspecified atom stereocenters. The van der Waals surface area contributed by atoms with Crippen LogP contribution in [-0.4, -0.2) is 18.1 Å². The molecule has 0 atom stereocenters. The third-order valence-electron chi connectivity index (χ3n) is 4.12. The lowest BCUT2D eigenvalue weighted by Gasteiger charge is -2.13. The lowest BCUT2D eigenvalue weighted by atomic mass is 10.0. The molecule has 1 aliphatic carbocycles. The Morgan fingerprint density at radius 1 is 1.25 bits per heavy atom. The molecule has 0 radical (unpaired) electrons. The molecule has 0 spiro atoms. The van der Waals surface area contributed by atoms with Crippen molar-refractivity contribution in [1.29, 1.82) is 0 Å². The molecule has 0 fully saturated rings. The second-order valence-electron chi connectivity index (χ2n) is 5.64. The van der Waals surface area contributed by atoms with Gasteiger partial charge in [-0.25, -0.2) is 0 Å². The van der Waals surface area contributed by atoms with Crippen LogP contribution >= 0.6 is 0 Å². The van der Waals surface area contributed by atoms with Crippen LogP contribution in [0.25, 0.3) is 5.57 Å². The number of allylic oxidation sites excluding steroid dienone is 1. The molecule has 1 N–H and O–H groups in total. The summed E-state index contributed by atoms with van der Waals surface area (Å²) in [6.07, 6.45) is 4.17. The highest BCUT2D eigenvalue weighted by Gasteiger charge is 2.14. The Hall–Kier alpha value is -2.82. The van der Waals surface area contributed by atoms with Gasteiger partial charge < -0.3 is 10.1 Å². The average molecular weight is 324 g/mol. The van der Waals surface area contributed by atoms with Gasteiger partial charge in [0.25, 0.3) is 5.69 Å². The number of nitrogens with one attached hydrogen (secondary N) is 1. The number of fused-ring (bicyclic) bond motifs is 1. The largest absolute Gasteiger partial charge is 0.491 e. The summed E-state index contributed by atoms with van der Waals surface area (Å²) in [6, 6.07) is 13.1. The molecular weight excluding hydrogens is 304 g/mol. The van der Waals surface area contributed by atoms with E-state index in [0.29, 0.717) is 12.4 Å². The van der Waals surface area contributed by atoms with E-state index in [1.54, 1.807) is 6.07 Å². The SMILES string of the molecule is CCOc1cc([N+](=O)[O-])ccc1NCCC1=CCc2ccccc21. The van der Waals surface area contributed by atoms with Gasteiger partial charge in [0.1, 0.15) is 5.75 Å². The monoisotopic (exact) mass is 324 g/mol. The second-order valence-corrected chi connectivity index (χ2v) is 5.64. The Morgan fingerprint density at radius 2 is 2.08 bits per heavy atom. The molecule has 0 heterocycles. The first kappa shape index (κ1) is 16.1. The molecule has 2 aromatic carbocycles. The summed E-state index contributed by atoms with van der Waals surface area (Å²) in [4.78, 5) is 10.5. The molecule has 5 nitrogen and oxygen atoms in total. The van der Waals surface area contributed by atoms with Gasteiger partial charge in [-0.1, -0.05) is 30.3 Å². The Labute approximate surface area is 141 Å². The van der Waals surface area contributed by atoms with Crippen LogP contribution in [0.15, 0.2) is 48.5 Å². The van der Waals surface area contributed by atoms with E-state index >= 15 is 0 Å². The van der Waals surface area contributed by atoms with Gasteiger partial charge in [0, 0.05) is 12.6 Å². The van der Waals surface area contributed by atoms with Crippen molar-refractivity contribution in [3.63, 3.8) is 0 Å². The zero-order valence-corrected chi connectivity index (χ0v) is 13.6. The summed E-state index contributed by atoms with van der Waals surface area (Å²) in [5.41, 5.74) is 4.87. The van der Waals surface area contributed by atoms with Crippen molar-refractivity contribution in [2.75, 3.05) is 18.5 Å². The van der Waals surface area contributed by atoms with Crippen LogP contribution in [0, 0.1) is 10.1 Å². The van der Waals surface area contributed by atoms with Crippen LogP contribution in [0.1, 0.15) is 24.5 Å². The second kappa shape index (κ2) is 7.17. The minimum atomic E-state index is -0.410. The molecule has 5 heteroatoms. The summed E-state index contributed by atoms with van der Waals surface area (Å²) in [5.74, 6) is 0.521. The molecule has 0 saturated heterocycles. The highest BCUT2D eigenvalue weighted by Crippen LogP contribution is 2.32. The fraction of sp³-hybridized carbons (Fsp3) is 0.263. The number of rotatable bonds is 7. The number of nitro groups is 1. The number of hydrogen-bond acceptors (Lipinski definition) is 4. The predicted octanol–water partition coefficient (Wildman–Crippen LogP) is 4.44. The van der Waals surface area contributed by atoms with Crippen molar-refractivity contribution in [2.45, 2.75) is 19.8 Å². The fourth-order valence-corrected chi connectivity index (χ4v) is 2.97. The number of non-ortho nitro benzene ring substituents is 1. The minimum Gasteiger partial charge on any atom is -0.491 e. The van der Waals surface area contributed by atoms with Crippen LogP contribution in [0.5, 0.6) is 5.75 Å². The number of nitrogens with zero attached hydrogens (tertiary/aromatic N) is 1. The van der Waals surface area contributed by atoms with Gasteiger partial charge in [0.05, 0.1) is 23.3 Å². The Morgan fingerprint density at radius 3 is 2.88 bits per heavy atom. The van der Waals surface area contributed by atoms with E-state index in [1.165, 1.54) is 28.8 Å². The van der Waals surface area contributed by atoms with Crippen LogP contribution in [-0.2, 0) is 6.42 Å². The summed E-state index contributed by atoms with van der Waals surface area (Å²) in [5, 5.41) is 14.2. The van der Waals surface area contributed by atoms with Gasteiger partial charge in [-0.2, -0.15) is 0 Å². The maximum Gasteiger partial charge on any atom is 0.273 e. The van der Waals surface area contributed by atoms with Crippen molar-refractivity contribution in [3.05, 3.63) is 69.8 Å². The van der Waals surface area contributed by atoms with Crippen LogP contribution in [0.2, 0.25) is 0 Å². The quantitative estimate of drug-likeness (QED) is 0.604. The normalized spacial score (nSPS) is 12.5. The first-order valence-electron chi connectivity index (χ1n) is 8.11. The fourth-order valence-electron chi connectivity index (χ4n) is 2.97. The molecule has 0 aromatic heterocycles. The number of ether oxygens (including phenoxy) is 1. The maximum atomic E-state index is 10.9. The van der Waals surface area contributed by atoms with Crippen molar-refractivity contribution in [1.82, 2.24) is 0 Å². The average Bonchev–Trinajstić information content (AvgIpc) is 2.99. The summed E-state index contributed by atoms with van der Waals surface area (Å²) < 4.78 is 5.53. The van der Waals surface area contributed by atoms with Gasteiger partial charge in [0.2, 0.25) is 0 Å². The summed E-state index contributed by atoms with van der Waals surface area (Å²) in [6.45, 7) is 3.08.